The second kappa shape index (κ2) is 13.3. The molecule has 3 aliphatic heterocycles. The highest BCUT2D eigenvalue weighted by atomic mass is 32.3. The molecule has 1 aromatic heterocycles. The third-order valence-electron chi connectivity index (χ3n) is 8.45. The van der Waals surface area contributed by atoms with Crippen molar-refractivity contribution < 1.29 is 46.3 Å². The SMILES string of the molecule is CC1(C)[C@H](NC(=O)/C(=N\O[C@](C)(C(=O)O)[C@H]2CCc3cc(C(N)=NC[C@H]4CCNC4)ccc3O2)c2csc(N)n2)C(=O)N1OS(=O)(=O)O. The molecule has 1 aromatic carbocycles. The van der Waals surface area contributed by atoms with Crippen molar-refractivity contribution >= 4 is 56.2 Å². The number of fused-ring (bicyclic) bond motifs is 1. The van der Waals surface area contributed by atoms with E-state index < -0.39 is 57.2 Å². The van der Waals surface area contributed by atoms with Gasteiger partial charge < -0.3 is 36.8 Å². The Morgan fingerprint density at radius 2 is 2.08 bits per heavy atom. The molecule has 0 bridgehead atoms. The van der Waals surface area contributed by atoms with Crippen LogP contribution in [0.1, 0.15) is 50.4 Å². The first kappa shape index (κ1) is 35.0. The number of carbonyl (C=O) groups is 3. The van der Waals surface area contributed by atoms with Crippen LogP contribution in [0.15, 0.2) is 33.7 Å². The number of nitrogen functional groups attached to an aromatic ring is 1. The molecule has 0 unspecified atom stereocenters. The number of carboxylic acids is 1. The lowest BCUT2D eigenvalue weighted by Gasteiger charge is -2.50. The smallest absolute Gasteiger partial charge is 0.418 e. The minimum Gasteiger partial charge on any atom is -0.485 e. The number of hydroxylamine groups is 2. The van der Waals surface area contributed by atoms with Gasteiger partial charge in [-0.1, -0.05) is 5.16 Å². The van der Waals surface area contributed by atoms with Crippen LogP contribution < -0.4 is 26.8 Å². The number of β-lactam (4-membered cyclic amide) rings is 1. The topological polar surface area (TPSA) is 270 Å². The van der Waals surface area contributed by atoms with Crippen LogP contribution in [0, 0.1) is 5.92 Å². The number of carboxylic acid groups (broad SMARTS) is 1. The number of amidine groups is 1. The summed E-state index contributed by atoms with van der Waals surface area (Å²) in [5.41, 5.74) is 9.40. The van der Waals surface area contributed by atoms with Gasteiger partial charge in [0.05, 0.1) is 5.54 Å². The minimum atomic E-state index is -5.02. The van der Waals surface area contributed by atoms with Gasteiger partial charge in [0.15, 0.2) is 16.9 Å². The highest BCUT2D eigenvalue weighted by molar-refractivity contribution is 7.80. The number of nitrogens with zero attached hydrogens (tertiary/aromatic N) is 4. The zero-order chi connectivity index (χ0) is 35.0. The summed E-state index contributed by atoms with van der Waals surface area (Å²) in [6, 6.07) is 3.95. The maximum atomic E-state index is 13.4. The van der Waals surface area contributed by atoms with Gasteiger partial charge in [0.25, 0.3) is 17.4 Å². The van der Waals surface area contributed by atoms with Crippen molar-refractivity contribution in [3.8, 4) is 5.75 Å². The molecule has 260 valence electrons. The number of benzene rings is 1. The monoisotopic (exact) mass is 708 g/mol. The van der Waals surface area contributed by atoms with Crippen LogP contribution in [0.4, 0.5) is 5.13 Å². The van der Waals surface area contributed by atoms with E-state index in [0.717, 1.165) is 42.0 Å². The molecular formula is C28H36N8O10S2. The van der Waals surface area contributed by atoms with Gasteiger partial charge >= 0.3 is 16.4 Å². The van der Waals surface area contributed by atoms with E-state index in [-0.39, 0.29) is 17.2 Å². The van der Waals surface area contributed by atoms with E-state index in [9.17, 15) is 27.9 Å². The van der Waals surface area contributed by atoms with Crippen molar-refractivity contribution in [1.82, 2.24) is 20.7 Å². The first-order valence-electron chi connectivity index (χ1n) is 14.8. The van der Waals surface area contributed by atoms with Gasteiger partial charge in [-0.05, 0) is 82.8 Å². The fourth-order valence-electron chi connectivity index (χ4n) is 5.52. The molecule has 2 fully saturated rings. The number of rotatable bonds is 12. The summed E-state index contributed by atoms with van der Waals surface area (Å²) in [6.07, 6.45) is 0.613. The molecule has 0 spiro atoms. The summed E-state index contributed by atoms with van der Waals surface area (Å²) in [5.74, 6) is -2.17. The van der Waals surface area contributed by atoms with E-state index in [1.54, 1.807) is 12.1 Å². The van der Waals surface area contributed by atoms with Crippen LogP contribution in [0.3, 0.4) is 0 Å². The van der Waals surface area contributed by atoms with Crippen molar-refractivity contribution in [2.45, 2.75) is 63.3 Å². The molecule has 2 amide bonds. The summed E-state index contributed by atoms with van der Waals surface area (Å²) in [5, 5.41) is 21.7. The number of carbonyl (C=O) groups excluding carboxylic acids is 2. The first-order valence-corrected chi connectivity index (χ1v) is 17.1. The third-order valence-corrected chi connectivity index (χ3v) is 9.46. The van der Waals surface area contributed by atoms with Crippen LogP contribution in [0.2, 0.25) is 0 Å². The molecule has 0 aliphatic carbocycles. The summed E-state index contributed by atoms with van der Waals surface area (Å²) < 4.78 is 41.7. The highest BCUT2D eigenvalue weighted by Crippen LogP contribution is 2.35. The molecule has 0 saturated carbocycles. The lowest BCUT2D eigenvalue weighted by Crippen LogP contribution is -2.76. The highest BCUT2D eigenvalue weighted by Gasteiger charge is 2.58. The van der Waals surface area contributed by atoms with Crippen LogP contribution in [-0.4, -0.2) is 100 Å². The van der Waals surface area contributed by atoms with Crippen molar-refractivity contribution in [3.63, 3.8) is 0 Å². The van der Waals surface area contributed by atoms with Gasteiger partial charge in [-0.3, -0.25) is 19.1 Å². The van der Waals surface area contributed by atoms with Crippen molar-refractivity contribution in [1.29, 1.82) is 0 Å². The molecule has 0 radical (unpaired) electrons. The van der Waals surface area contributed by atoms with Crippen molar-refractivity contribution in [3.05, 3.63) is 40.4 Å². The van der Waals surface area contributed by atoms with E-state index >= 15 is 0 Å². The van der Waals surface area contributed by atoms with E-state index in [4.69, 9.17) is 25.6 Å². The van der Waals surface area contributed by atoms with Gasteiger partial charge in [-0.2, -0.15) is 13.5 Å². The zero-order valence-corrected chi connectivity index (χ0v) is 27.8. The molecule has 3 aliphatic rings. The molecule has 4 heterocycles. The number of anilines is 1. The quantitative estimate of drug-likeness (QED) is 0.0550. The van der Waals surface area contributed by atoms with Crippen LogP contribution >= 0.6 is 11.3 Å². The minimum absolute atomic E-state index is 0.0621. The Morgan fingerprint density at radius 1 is 1.33 bits per heavy atom. The Labute approximate surface area is 279 Å². The Bertz CT molecular complexity index is 1770. The number of hydrogen-bond donors (Lipinski definition) is 6. The van der Waals surface area contributed by atoms with E-state index in [2.05, 4.69) is 30.0 Å². The van der Waals surface area contributed by atoms with Crippen LogP contribution in [0.5, 0.6) is 5.75 Å². The van der Waals surface area contributed by atoms with E-state index in [1.165, 1.54) is 26.2 Å². The molecule has 20 heteroatoms. The maximum absolute atomic E-state index is 13.4. The van der Waals surface area contributed by atoms with Crippen LogP contribution in [0.25, 0.3) is 0 Å². The van der Waals surface area contributed by atoms with E-state index in [1.807, 2.05) is 6.07 Å². The number of ether oxygens (including phenoxy) is 1. The molecule has 4 atom stereocenters. The normalized spacial score (nSPS) is 23.8. The second-order valence-electron chi connectivity index (χ2n) is 12.3. The predicted octanol–water partition coefficient (Wildman–Crippen LogP) is -0.162. The predicted molar refractivity (Wildman–Crippen MR) is 171 cm³/mol. The number of nitrogens with two attached hydrogens (primary N) is 2. The number of nitrogens with one attached hydrogen (secondary N) is 2. The van der Waals surface area contributed by atoms with Crippen LogP contribution in [-0.2, 0) is 40.3 Å². The largest absolute Gasteiger partial charge is 0.485 e. The Hall–Kier alpha value is -4.37. The van der Waals surface area contributed by atoms with Gasteiger partial charge in [-0.25, -0.2) is 9.78 Å². The standard InChI is InChI=1S/C28H36N8O10S2/c1-27(2)21(24(38)36(27)46-48(41,42)43)34-23(37)20(17-13-47-26(30)33-17)35-45-28(3,25(39)40)19-7-5-15-10-16(4-6-18(15)44-19)22(29)32-12-14-8-9-31-11-14/h4,6,10,13-14,19,21,31H,5,7-9,11-12H2,1-3H3,(H2,29,32)(H2,30,33)(H,34,37)(H,39,40)(H,41,42,43)/b35-20-/t14-,19+,21+,28-/m0/s1. The summed E-state index contributed by atoms with van der Waals surface area (Å²) in [7, 11) is -5.02. The van der Waals surface area contributed by atoms with E-state index in [0.29, 0.717) is 35.5 Å². The first-order chi connectivity index (χ1) is 22.5. The fourth-order valence-corrected chi connectivity index (χ4v) is 6.52. The fraction of sp³-hybridized carbons (Fsp3) is 0.500. The number of aliphatic imine (C=N–C) groups is 1. The molecule has 2 aromatic rings. The number of aromatic nitrogens is 1. The van der Waals surface area contributed by atoms with Gasteiger partial charge in [0, 0.05) is 17.5 Å². The zero-order valence-electron chi connectivity index (χ0n) is 26.2. The average molecular weight is 709 g/mol. The number of oxime groups is 1. The Kier molecular flexibility index (Phi) is 9.66. The number of hydrogen-bond acceptors (Lipinski definition) is 14. The average Bonchev–Trinajstić information content (AvgIpc) is 3.72. The molecular weight excluding hydrogens is 672 g/mol. The third kappa shape index (κ3) is 7.21. The number of aryl methyl sites for hydroxylation is 1. The molecule has 5 rings (SSSR count). The Balaban J connectivity index is 1.34. The van der Waals surface area contributed by atoms with Gasteiger partial charge in [0.1, 0.15) is 23.3 Å². The second-order valence-corrected chi connectivity index (χ2v) is 14.2. The number of amides is 2. The Morgan fingerprint density at radius 3 is 2.69 bits per heavy atom. The van der Waals surface area contributed by atoms with Crippen molar-refractivity contribution in [2.24, 2.45) is 21.8 Å². The molecule has 48 heavy (non-hydrogen) atoms. The van der Waals surface area contributed by atoms with Gasteiger partial charge in [-0.15, -0.1) is 15.6 Å². The molecule has 2 saturated heterocycles. The van der Waals surface area contributed by atoms with Gasteiger partial charge in [0.2, 0.25) is 0 Å². The van der Waals surface area contributed by atoms with Crippen molar-refractivity contribution in [2.75, 3.05) is 25.4 Å². The lowest BCUT2D eigenvalue weighted by atomic mass is 9.84. The molecule has 8 N–H and O–H groups in total. The maximum Gasteiger partial charge on any atom is 0.418 e. The summed E-state index contributed by atoms with van der Waals surface area (Å²) in [6.45, 7) is 6.48. The molecule has 18 nitrogen and oxygen atoms in total. The number of aliphatic carboxylic acids is 1. The summed E-state index contributed by atoms with van der Waals surface area (Å²) >= 11 is 0.968. The number of thiazole rings is 1. The lowest BCUT2D eigenvalue weighted by molar-refractivity contribution is -0.218. The summed E-state index contributed by atoms with van der Waals surface area (Å²) in [4.78, 5) is 52.8.